The van der Waals surface area contributed by atoms with Gasteiger partial charge in [0.1, 0.15) is 0 Å². The molecule has 68 valence electrons. The van der Waals surface area contributed by atoms with Gasteiger partial charge in [-0.15, -0.1) is 0 Å². The Labute approximate surface area is 77.8 Å². The number of rotatable bonds is 3. The topological polar surface area (TPSA) is 52.8 Å². The highest BCUT2D eigenvalue weighted by Gasteiger charge is 2.01. The molecule has 0 fully saturated rings. The van der Waals surface area contributed by atoms with Crippen LogP contribution in [-0.2, 0) is 6.42 Å². The molecule has 1 aromatic rings. The molecule has 1 heterocycles. The van der Waals surface area contributed by atoms with Gasteiger partial charge in [-0.25, -0.2) is 9.97 Å². The molecule has 0 N–H and O–H groups in total. The van der Waals surface area contributed by atoms with Gasteiger partial charge in [-0.05, 0) is 12.0 Å². The molecular weight excluding hydrogens is 164 g/mol. The highest BCUT2D eigenvalue weighted by atomic mass is 15.2. The van der Waals surface area contributed by atoms with E-state index in [1.807, 2.05) is 6.19 Å². The Morgan fingerprint density at radius 2 is 2.08 bits per heavy atom. The fourth-order valence-electron chi connectivity index (χ4n) is 0.984. The van der Waals surface area contributed by atoms with Gasteiger partial charge in [0, 0.05) is 19.4 Å². The SMILES string of the molecule is CCCc1cnc(N(C)C#N)nc1. The zero-order valence-corrected chi connectivity index (χ0v) is 7.86. The lowest BCUT2D eigenvalue weighted by Crippen LogP contribution is -2.11. The van der Waals surface area contributed by atoms with Crippen LogP contribution in [0.2, 0.25) is 0 Å². The molecule has 0 spiro atoms. The lowest BCUT2D eigenvalue weighted by molar-refractivity contribution is 0.895. The second kappa shape index (κ2) is 4.41. The van der Waals surface area contributed by atoms with Crippen LogP contribution < -0.4 is 4.90 Å². The van der Waals surface area contributed by atoms with Crippen molar-refractivity contribution in [3.63, 3.8) is 0 Å². The van der Waals surface area contributed by atoms with E-state index >= 15 is 0 Å². The van der Waals surface area contributed by atoms with Crippen LogP contribution >= 0.6 is 0 Å². The first-order valence-corrected chi connectivity index (χ1v) is 4.22. The first-order chi connectivity index (χ1) is 6.27. The summed E-state index contributed by atoms with van der Waals surface area (Å²) in [5, 5.41) is 8.56. The van der Waals surface area contributed by atoms with Crippen molar-refractivity contribution in [2.45, 2.75) is 19.8 Å². The highest BCUT2D eigenvalue weighted by Crippen LogP contribution is 2.05. The molecule has 4 nitrogen and oxygen atoms in total. The Morgan fingerprint density at radius 1 is 1.46 bits per heavy atom. The molecule has 0 radical (unpaired) electrons. The maximum Gasteiger partial charge on any atom is 0.238 e. The molecule has 0 atom stereocenters. The van der Waals surface area contributed by atoms with Crippen LogP contribution in [0.5, 0.6) is 0 Å². The standard InChI is InChI=1S/C9H12N4/c1-3-4-8-5-11-9(12-6-8)13(2)7-10/h5-6H,3-4H2,1-2H3. The summed E-state index contributed by atoms with van der Waals surface area (Å²) in [4.78, 5) is 9.45. The molecule has 1 rings (SSSR count). The Bertz CT molecular complexity index is 298. The van der Waals surface area contributed by atoms with Crippen LogP contribution in [-0.4, -0.2) is 17.0 Å². The molecule has 1 aromatic heterocycles. The summed E-state index contributed by atoms with van der Waals surface area (Å²) < 4.78 is 0. The van der Waals surface area contributed by atoms with Crippen molar-refractivity contribution in [1.82, 2.24) is 9.97 Å². The van der Waals surface area contributed by atoms with Crippen molar-refractivity contribution in [3.8, 4) is 6.19 Å². The summed E-state index contributed by atoms with van der Waals surface area (Å²) in [6.07, 6.45) is 7.53. The molecule has 4 heteroatoms. The minimum Gasteiger partial charge on any atom is -0.250 e. The minimum absolute atomic E-state index is 0.447. The first-order valence-electron chi connectivity index (χ1n) is 4.22. The van der Waals surface area contributed by atoms with Gasteiger partial charge < -0.3 is 0 Å². The molecule has 0 amide bonds. The number of aromatic nitrogens is 2. The largest absolute Gasteiger partial charge is 0.250 e. The third-order valence-corrected chi connectivity index (χ3v) is 1.68. The highest BCUT2D eigenvalue weighted by molar-refractivity contribution is 5.33. The van der Waals surface area contributed by atoms with E-state index in [0.717, 1.165) is 18.4 Å². The van der Waals surface area contributed by atoms with Crippen molar-refractivity contribution in [3.05, 3.63) is 18.0 Å². The number of hydrogen-bond acceptors (Lipinski definition) is 4. The van der Waals surface area contributed by atoms with Crippen molar-refractivity contribution in [1.29, 1.82) is 5.26 Å². The Morgan fingerprint density at radius 3 is 2.54 bits per heavy atom. The predicted octanol–water partition coefficient (Wildman–Crippen LogP) is 1.35. The number of nitriles is 1. The van der Waals surface area contributed by atoms with E-state index in [1.54, 1.807) is 19.4 Å². The monoisotopic (exact) mass is 176 g/mol. The fourth-order valence-corrected chi connectivity index (χ4v) is 0.984. The van der Waals surface area contributed by atoms with E-state index in [4.69, 9.17) is 5.26 Å². The molecule has 0 saturated heterocycles. The maximum absolute atomic E-state index is 8.56. The molecule has 0 aliphatic heterocycles. The molecule has 0 saturated carbocycles. The fraction of sp³-hybridized carbons (Fsp3) is 0.444. The lowest BCUT2D eigenvalue weighted by Gasteiger charge is -2.05. The van der Waals surface area contributed by atoms with Crippen molar-refractivity contribution in [2.24, 2.45) is 0 Å². The van der Waals surface area contributed by atoms with Crippen LogP contribution in [0, 0.1) is 11.5 Å². The summed E-state index contributed by atoms with van der Waals surface area (Å²) in [7, 11) is 1.63. The summed E-state index contributed by atoms with van der Waals surface area (Å²) in [5.74, 6) is 0.447. The molecule has 13 heavy (non-hydrogen) atoms. The third kappa shape index (κ3) is 2.41. The Kier molecular flexibility index (Phi) is 3.21. The number of hydrogen-bond donors (Lipinski definition) is 0. The van der Waals surface area contributed by atoms with Gasteiger partial charge in [0.25, 0.3) is 0 Å². The van der Waals surface area contributed by atoms with E-state index in [0.29, 0.717) is 5.95 Å². The molecular formula is C9H12N4. The van der Waals surface area contributed by atoms with E-state index in [-0.39, 0.29) is 0 Å². The van der Waals surface area contributed by atoms with Gasteiger partial charge in [-0.3, -0.25) is 4.90 Å². The Hall–Kier alpha value is -1.63. The third-order valence-electron chi connectivity index (χ3n) is 1.68. The van der Waals surface area contributed by atoms with E-state index < -0.39 is 0 Å². The second-order valence-corrected chi connectivity index (χ2v) is 2.80. The predicted molar refractivity (Wildman–Crippen MR) is 50.0 cm³/mol. The quantitative estimate of drug-likeness (QED) is 0.515. The summed E-state index contributed by atoms with van der Waals surface area (Å²) in [5.41, 5.74) is 1.11. The average Bonchev–Trinajstić information content (AvgIpc) is 2.18. The zero-order chi connectivity index (χ0) is 9.68. The van der Waals surface area contributed by atoms with Crippen molar-refractivity contribution in [2.75, 3.05) is 11.9 Å². The van der Waals surface area contributed by atoms with E-state index in [2.05, 4.69) is 16.9 Å². The molecule has 0 unspecified atom stereocenters. The summed E-state index contributed by atoms with van der Waals surface area (Å²) >= 11 is 0. The lowest BCUT2D eigenvalue weighted by atomic mass is 10.2. The van der Waals surface area contributed by atoms with Crippen molar-refractivity contribution >= 4 is 5.95 Å². The van der Waals surface area contributed by atoms with Gasteiger partial charge in [-0.2, -0.15) is 5.26 Å². The normalized spacial score (nSPS) is 9.31. The maximum atomic E-state index is 8.56. The van der Waals surface area contributed by atoms with Gasteiger partial charge in [0.05, 0.1) is 0 Å². The molecule has 0 aromatic carbocycles. The van der Waals surface area contributed by atoms with Crippen molar-refractivity contribution < 1.29 is 0 Å². The first kappa shape index (κ1) is 9.46. The van der Waals surface area contributed by atoms with Gasteiger partial charge in [0.15, 0.2) is 6.19 Å². The second-order valence-electron chi connectivity index (χ2n) is 2.80. The van der Waals surface area contributed by atoms with Gasteiger partial charge in [0.2, 0.25) is 5.95 Å². The molecule has 0 aliphatic carbocycles. The number of anilines is 1. The zero-order valence-electron chi connectivity index (χ0n) is 7.86. The average molecular weight is 176 g/mol. The van der Waals surface area contributed by atoms with Crippen LogP contribution in [0.4, 0.5) is 5.95 Å². The van der Waals surface area contributed by atoms with Gasteiger partial charge in [-0.1, -0.05) is 13.3 Å². The van der Waals surface area contributed by atoms with Crippen LogP contribution in [0.25, 0.3) is 0 Å². The van der Waals surface area contributed by atoms with E-state index in [9.17, 15) is 0 Å². The summed E-state index contributed by atoms with van der Waals surface area (Å²) in [6.45, 7) is 2.11. The van der Waals surface area contributed by atoms with Crippen LogP contribution in [0.1, 0.15) is 18.9 Å². The summed E-state index contributed by atoms with van der Waals surface area (Å²) in [6, 6.07) is 0. The number of aryl methyl sites for hydroxylation is 1. The smallest absolute Gasteiger partial charge is 0.238 e. The molecule has 0 bridgehead atoms. The van der Waals surface area contributed by atoms with Gasteiger partial charge >= 0.3 is 0 Å². The minimum atomic E-state index is 0.447. The van der Waals surface area contributed by atoms with Crippen LogP contribution in [0.15, 0.2) is 12.4 Å². The van der Waals surface area contributed by atoms with E-state index in [1.165, 1.54) is 4.90 Å². The number of nitrogens with zero attached hydrogens (tertiary/aromatic N) is 4. The van der Waals surface area contributed by atoms with Crippen LogP contribution in [0.3, 0.4) is 0 Å². The molecule has 0 aliphatic rings. The Balaban J connectivity index is 2.76.